The van der Waals surface area contributed by atoms with E-state index in [1.165, 1.54) is 0 Å². The molecule has 0 aromatic heterocycles. The summed E-state index contributed by atoms with van der Waals surface area (Å²) < 4.78 is 0. The van der Waals surface area contributed by atoms with Crippen molar-refractivity contribution in [1.82, 2.24) is 4.90 Å². The van der Waals surface area contributed by atoms with Crippen LogP contribution in [-0.4, -0.2) is 35.5 Å². The quantitative estimate of drug-likeness (QED) is 0.832. The van der Waals surface area contributed by atoms with Crippen molar-refractivity contribution >= 4 is 29.9 Å². The van der Waals surface area contributed by atoms with E-state index in [4.69, 9.17) is 17.3 Å². The summed E-state index contributed by atoms with van der Waals surface area (Å²) in [5.74, 6) is 0.953. The smallest absolute Gasteiger partial charge is 0.226 e. The zero-order valence-electron chi connectivity index (χ0n) is 14.4. The van der Waals surface area contributed by atoms with Gasteiger partial charge in [-0.1, -0.05) is 30.2 Å². The monoisotopic (exact) mass is 386 g/mol. The molecule has 0 radical (unpaired) electrons. The maximum atomic E-state index is 12.7. The van der Waals surface area contributed by atoms with Crippen LogP contribution in [0, 0.1) is 17.8 Å². The summed E-state index contributed by atoms with van der Waals surface area (Å²) in [6.45, 7) is 2.09. The van der Waals surface area contributed by atoms with Crippen LogP contribution in [0.1, 0.15) is 43.8 Å². The van der Waals surface area contributed by atoms with Gasteiger partial charge in [-0.3, -0.25) is 4.79 Å². The highest BCUT2D eigenvalue weighted by molar-refractivity contribution is 6.30. The van der Waals surface area contributed by atoms with Crippen LogP contribution in [0.4, 0.5) is 0 Å². The SMILES string of the molecule is Cl.NC[C@H]1CCC[C@H]1C(=O)N1CCC(C(O)c2ccc(Cl)cc2)CC1. The molecule has 2 aliphatic rings. The minimum atomic E-state index is -0.484. The maximum Gasteiger partial charge on any atom is 0.226 e. The molecule has 25 heavy (non-hydrogen) atoms. The topological polar surface area (TPSA) is 66.6 Å². The Morgan fingerprint density at radius 2 is 1.84 bits per heavy atom. The first-order chi connectivity index (χ1) is 11.6. The van der Waals surface area contributed by atoms with E-state index in [2.05, 4.69) is 0 Å². The Morgan fingerprint density at radius 3 is 2.44 bits per heavy atom. The Bertz CT molecular complexity index is 559. The van der Waals surface area contributed by atoms with Crippen molar-refractivity contribution in [3.05, 3.63) is 34.9 Å². The first-order valence-electron chi connectivity index (χ1n) is 9.02. The minimum absolute atomic E-state index is 0. The van der Waals surface area contributed by atoms with Crippen LogP contribution in [0.15, 0.2) is 24.3 Å². The molecule has 1 aromatic carbocycles. The van der Waals surface area contributed by atoms with E-state index in [1.54, 1.807) is 0 Å². The summed E-state index contributed by atoms with van der Waals surface area (Å²) in [4.78, 5) is 14.7. The van der Waals surface area contributed by atoms with Crippen LogP contribution in [0.2, 0.25) is 5.02 Å². The molecule has 1 aromatic rings. The lowest BCUT2D eigenvalue weighted by atomic mass is 9.86. The zero-order chi connectivity index (χ0) is 17.1. The average Bonchev–Trinajstić information content (AvgIpc) is 3.10. The number of amides is 1. The van der Waals surface area contributed by atoms with Gasteiger partial charge in [0.1, 0.15) is 0 Å². The fourth-order valence-corrected chi connectivity index (χ4v) is 4.37. The van der Waals surface area contributed by atoms with Crippen molar-refractivity contribution in [2.45, 2.75) is 38.2 Å². The van der Waals surface area contributed by atoms with Gasteiger partial charge in [-0.05, 0) is 61.8 Å². The molecule has 3 rings (SSSR count). The molecule has 3 N–H and O–H groups in total. The number of rotatable bonds is 4. The summed E-state index contributed by atoms with van der Waals surface area (Å²) in [5, 5.41) is 11.3. The van der Waals surface area contributed by atoms with Crippen molar-refractivity contribution in [2.75, 3.05) is 19.6 Å². The van der Waals surface area contributed by atoms with Crippen LogP contribution in [0.25, 0.3) is 0 Å². The number of hydrogen-bond donors (Lipinski definition) is 2. The van der Waals surface area contributed by atoms with Crippen molar-refractivity contribution in [1.29, 1.82) is 0 Å². The van der Waals surface area contributed by atoms with Crippen LogP contribution in [0.5, 0.6) is 0 Å². The van der Waals surface area contributed by atoms with Gasteiger partial charge in [0.2, 0.25) is 5.91 Å². The molecule has 0 spiro atoms. The standard InChI is InChI=1S/C19H27ClN2O2.ClH/c20-16-6-4-13(5-7-16)18(23)14-8-10-22(11-9-14)19(24)17-3-1-2-15(17)12-21;/h4-7,14-15,17-18,23H,1-3,8-12,21H2;1H/t15-,17-,18?;/m1./s1. The second-order valence-corrected chi connectivity index (χ2v) is 7.63. The first kappa shape index (κ1) is 20.5. The van der Waals surface area contributed by atoms with Gasteiger partial charge < -0.3 is 15.7 Å². The zero-order valence-corrected chi connectivity index (χ0v) is 16.0. The number of nitrogens with zero attached hydrogens (tertiary/aromatic N) is 1. The molecule has 4 nitrogen and oxygen atoms in total. The average molecular weight is 387 g/mol. The predicted molar refractivity (Wildman–Crippen MR) is 103 cm³/mol. The Morgan fingerprint density at radius 1 is 1.20 bits per heavy atom. The van der Waals surface area contributed by atoms with Crippen LogP contribution >= 0.6 is 24.0 Å². The van der Waals surface area contributed by atoms with Crippen molar-refractivity contribution in [2.24, 2.45) is 23.5 Å². The summed E-state index contributed by atoms with van der Waals surface area (Å²) in [5.41, 5.74) is 6.72. The number of carbonyl (C=O) groups is 1. The Hall–Kier alpha value is -0.810. The normalized spacial score (nSPS) is 25.5. The fourth-order valence-electron chi connectivity index (χ4n) is 4.25. The molecule has 3 atom stereocenters. The molecule has 1 unspecified atom stereocenters. The molecule has 6 heteroatoms. The number of hydrogen-bond acceptors (Lipinski definition) is 3. The van der Waals surface area contributed by atoms with Gasteiger partial charge in [0.15, 0.2) is 0 Å². The first-order valence-corrected chi connectivity index (χ1v) is 9.40. The number of piperidine rings is 1. The van der Waals surface area contributed by atoms with Crippen molar-refractivity contribution < 1.29 is 9.90 Å². The molecule has 1 heterocycles. The summed E-state index contributed by atoms with van der Waals surface area (Å²) >= 11 is 5.91. The molecule has 1 amide bonds. The van der Waals surface area contributed by atoms with Gasteiger partial charge in [-0.15, -0.1) is 12.4 Å². The third kappa shape index (κ3) is 4.68. The number of aliphatic hydroxyl groups is 1. The maximum absolute atomic E-state index is 12.7. The van der Waals surface area contributed by atoms with Gasteiger partial charge >= 0.3 is 0 Å². The molecular weight excluding hydrogens is 359 g/mol. The summed E-state index contributed by atoms with van der Waals surface area (Å²) in [7, 11) is 0. The van der Waals surface area contributed by atoms with E-state index >= 15 is 0 Å². The fraction of sp³-hybridized carbons (Fsp3) is 0.632. The highest BCUT2D eigenvalue weighted by Crippen LogP contribution is 2.35. The van der Waals surface area contributed by atoms with Gasteiger partial charge in [0, 0.05) is 24.0 Å². The number of benzene rings is 1. The van der Waals surface area contributed by atoms with Crippen molar-refractivity contribution in [3.8, 4) is 0 Å². The number of carbonyl (C=O) groups excluding carboxylic acids is 1. The molecule has 1 aliphatic carbocycles. The second-order valence-electron chi connectivity index (χ2n) is 7.19. The minimum Gasteiger partial charge on any atom is -0.388 e. The lowest BCUT2D eigenvalue weighted by Gasteiger charge is -2.36. The third-order valence-electron chi connectivity index (χ3n) is 5.79. The molecule has 2 fully saturated rings. The van der Waals surface area contributed by atoms with E-state index in [9.17, 15) is 9.90 Å². The number of aliphatic hydroxyl groups excluding tert-OH is 1. The lowest BCUT2D eigenvalue weighted by molar-refractivity contribution is -0.138. The van der Waals surface area contributed by atoms with E-state index in [0.717, 1.165) is 50.8 Å². The third-order valence-corrected chi connectivity index (χ3v) is 6.04. The number of nitrogens with two attached hydrogens (primary N) is 1. The lowest BCUT2D eigenvalue weighted by Crippen LogP contribution is -2.44. The van der Waals surface area contributed by atoms with Crippen molar-refractivity contribution in [3.63, 3.8) is 0 Å². The highest BCUT2D eigenvalue weighted by Gasteiger charge is 2.36. The van der Waals surface area contributed by atoms with Gasteiger partial charge in [0.25, 0.3) is 0 Å². The van der Waals surface area contributed by atoms with Gasteiger partial charge in [-0.25, -0.2) is 0 Å². The predicted octanol–water partition coefficient (Wildman–Crippen LogP) is 3.41. The Balaban J connectivity index is 0.00000225. The highest BCUT2D eigenvalue weighted by atomic mass is 35.5. The molecule has 0 bridgehead atoms. The second kappa shape index (κ2) is 9.22. The number of halogens is 2. The van der Waals surface area contributed by atoms with E-state index in [1.807, 2.05) is 29.2 Å². The molecule has 1 saturated heterocycles. The molecule has 1 saturated carbocycles. The molecular formula is C19H28Cl2N2O2. The van der Waals surface area contributed by atoms with Crippen LogP contribution in [0.3, 0.4) is 0 Å². The van der Waals surface area contributed by atoms with E-state index in [-0.39, 0.29) is 30.2 Å². The summed E-state index contributed by atoms with van der Waals surface area (Å²) in [6.07, 6.45) is 4.38. The van der Waals surface area contributed by atoms with Gasteiger partial charge in [0.05, 0.1) is 6.10 Å². The Labute approximate surface area is 161 Å². The van der Waals surface area contributed by atoms with Crippen LogP contribution < -0.4 is 5.73 Å². The summed E-state index contributed by atoms with van der Waals surface area (Å²) in [6, 6.07) is 7.39. The molecule has 1 aliphatic heterocycles. The Kier molecular flexibility index (Phi) is 7.56. The van der Waals surface area contributed by atoms with E-state index < -0.39 is 6.10 Å². The largest absolute Gasteiger partial charge is 0.388 e. The van der Waals surface area contributed by atoms with E-state index in [0.29, 0.717) is 17.5 Å². The number of likely N-dealkylation sites (tertiary alicyclic amines) is 1. The molecule has 140 valence electrons. The van der Waals surface area contributed by atoms with Crippen LogP contribution in [-0.2, 0) is 4.79 Å². The van der Waals surface area contributed by atoms with Gasteiger partial charge in [-0.2, -0.15) is 0 Å².